The average molecular weight is 718 g/mol. The van der Waals surface area contributed by atoms with Crippen molar-refractivity contribution in [3.63, 3.8) is 0 Å². The van der Waals surface area contributed by atoms with E-state index in [0.717, 1.165) is 27.6 Å². The van der Waals surface area contributed by atoms with Crippen molar-refractivity contribution in [2.24, 2.45) is 0 Å². The van der Waals surface area contributed by atoms with Crippen LogP contribution in [0.3, 0.4) is 0 Å². The number of hydrogen-bond donors (Lipinski definition) is 0. The average Bonchev–Trinajstić information content (AvgIpc) is 3.72. The Hall–Kier alpha value is -6.64. The molecule has 0 radical (unpaired) electrons. The number of anilines is 3. The minimum Gasteiger partial charge on any atom is -0.456 e. The number of rotatable bonds is 2. The van der Waals surface area contributed by atoms with E-state index in [1.54, 1.807) is 0 Å². The molecule has 0 atom stereocenters. The third-order valence-corrected chi connectivity index (χ3v) is 13.2. The predicted molar refractivity (Wildman–Crippen MR) is 236 cm³/mol. The van der Waals surface area contributed by atoms with Crippen LogP contribution in [-0.2, 0) is 10.8 Å². The topological polar surface area (TPSA) is 16.4 Å². The lowest BCUT2D eigenvalue weighted by Gasteiger charge is -2.42. The molecule has 0 amide bonds. The van der Waals surface area contributed by atoms with Crippen LogP contribution in [0.15, 0.2) is 168 Å². The molecule has 2 heterocycles. The zero-order valence-electron chi connectivity index (χ0n) is 31.9. The molecule has 0 saturated heterocycles. The van der Waals surface area contributed by atoms with E-state index in [9.17, 15) is 0 Å². The van der Waals surface area contributed by atoms with E-state index in [1.807, 2.05) is 6.07 Å². The van der Waals surface area contributed by atoms with Crippen LogP contribution >= 0.6 is 0 Å². The molecule has 0 spiro atoms. The summed E-state index contributed by atoms with van der Waals surface area (Å²) in [4.78, 5) is 2.51. The molecule has 1 aliphatic heterocycles. The summed E-state index contributed by atoms with van der Waals surface area (Å²) in [7, 11) is 0. The van der Waals surface area contributed by atoms with E-state index >= 15 is 0 Å². The van der Waals surface area contributed by atoms with Gasteiger partial charge >= 0.3 is 0 Å². The van der Waals surface area contributed by atoms with Gasteiger partial charge in [0.25, 0.3) is 0 Å². The zero-order valence-corrected chi connectivity index (χ0v) is 31.9. The molecule has 2 heteroatoms. The summed E-state index contributed by atoms with van der Waals surface area (Å²) in [5.74, 6) is 0. The standard InChI is InChI=1S/C54H39NO/c1-53(2)45-19-11-9-17-39(45)40-24-21-32(27-46(40)53)33-22-25-49-47(28-33)54(3,4)48-30-42-37-15-7-5-13-35(37)36-14-6-8-16-38(36)43(42)31-50(48)55(49)34-23-26-52-44(29-34)41-18-10-12-20-51(41)56-52/h5-31H,1-4H3. The lowest BCUT2D eigenvalue weighted by molar-refractivity contribution is 0.633. The first-order valence-electron chi connectivity index (χ1n) is 19.8. The van der Waals surface area contributed by atoms with Gasteiger partial charge in [-0.15, -0.1) is 0 Å². The maximum absolute atomic E-state index is 6.33. The van der Waals surface area contributed by atoms with Gasteiger partial charge in [-0.25, -0.2) is 0 Å². The molecule has 0 saturated carbocycles. The number of hydrogen-bond acceptors (Lipinski definition) is 2. The van der Waals surface area contributed by atoms with E-state index in [-0.39, 0.29) is 10.8 Å². The fraction of sp³-hybridized carbons (Fsp3) is 0.111. The fourth-order valence-corrected chi connectivity index (χ4v) is 10.3. The van der Waals surface area contributed by atoms with E-state index in [0.29, 0.717) is 0 Å². The van der Waals surface area contributed by atoms with E-state index in [2.05, 4.69) is 190 Å². The molecule has 2 nitrogen and oxygen atoms in total. The summed E-state index contributed by atoms with van der Waals surface area (Å²) in [5.41, 5.74) is 15.6. The van der Waals surface area contributed by atoms with Crippen LogP contribution in [0.5, 0.6) is 0 Å². The Bertz CT molecular complexity index is 3320. The van der Waals surface area contributed by atoms with Gasteiger partial charge in [-0.3, -0.25) is 0 Å². The maximum Gasteiger partial charge on any atom is 0.135 e. The Labute approximate surface area is 326 Å². The molecule has 1 aliphatic carbocycles. The largest absolute Gasteiger partial charge is 0.456 e. The first-order chi connectivity index (χ1) is 27.3. The number of fused-ring (bicyclic) bond motifs is 14. The Morgan fingerprint density at radius 2 is 0.893 bits per heavy atom. The highest BCUT2D eigenvalue weighted by molar-refractivity contribution is 6.26. The maximum atomic E-state index is 6.33. The molecule has 2 aliphatic rings. The second kappa shape index (κ2) is 11.0. The van der Waals surface area contributed by atoms with Gasteiger partial charge in [0.2, 0.25) is 0 Å². The molecule has 266 valence electrons. The molecular formula is C54H39NO. The molecule has 0 N–H and O–H groups in total. The van der Waals surface area contributed by atoms with Crippen LogP contribution in [0.1, 0.15) is 49.9 Å². The fourth-order valence-electron chi connectivity index (χ4n) is 10.3. The molecule has 9 aromatic carbocycles. The van der Waals surface area contributed by atoms with E-state index in [4.69, 9.17) is 4.42 Å². The summed E-state index contributed by atoms with van der Waals surface area (Å²) in [6.45, 7) is 9.55. The van der Waals surface area contributed by atoms with Crippen molar-refractivity contribution < 1.29 is 4.42 Å². The summed E-state index contributed by atoms with van der Waals surface area (Å²) < 4.78 is 6.33. The minimum absolute atomic E-state index is 0.0605. The number of nitrogens with zero attached hydrogens (tertiary/aromatic N) is 1. The van der Waals surface area contributed by atoms with Crippen molar-refractivity contribution in [1.82, 2.24) is 0 Å². The SMILES string of the molecule is CC1(C)c2ccccc2-c2ccc(-c3ccc4c(c3)C(C)(C)c3cc5c6ccccc6c6ccccc6c5cc3N4c3ccc4oc5ccccc5c4c3)cc21. The van der Waals surface area contributed by atoms with Gasteiger partial charge in [0.05, 0.1) is 11.4 Å². The van der Waals surface area contributed by atoms with Gasteiger partial charge in [-0.05, 0) is 131 Å². The first kappa shape index (κ1) is 31.7. The van der Waals surface area contributed by atoms with Crippen molar-refractivity contribution in [3.05, 3.63) is 186 Å². The highest BCUT2D eigenvalue weighted by Crippen LogP contribution is 2.56. The lowest BCUT2D eigenvalue weighted by Crippen LogP contribution is -2.30. The summed E-state index contributed by atoms with van der Waals surface area (Å²) in [6, 6.07) is 61.0. The number of benzene rings is 9. The van der Waals surface area contributed by atoms with Crippen LogP contribution in [0.2, 0.25) is 0 Å². The molecule has 56 heavy (non-hydrogen) atoms. The molecule has 0 unspecified atom stereocenters. The molecule has 10 aromatic rings. The van der Waals surface area contributed by atoms with Gasteiger partial charge in [0.15, 0.2) is 0 Å². The van der Waals surface area contributed by atoms with Crippen molar-refractivity contribution in [3.8, 4) is 22.3 Å². The molecular weight excluding hydrogens is 679 g/mol. The van der Waals surface area contributed by atoms with E-state index < -0.39 is 0 Å². The molecule has 1 aromatic heterocycles. The second-order valence-electron chi connectivity index (χ2n) is 16.9. The zero-order chi connectivity index (χ0) is 37.5. The summed E-state index contributed by atoms with van der Waals surface area (Å²) in [6.07, 6.45) is 0. The van der Waals surface area contributed by atoms with Crippen LogP contribution in [0.25, 0.3) is 76.5 Å². The number of furan rings is 1. The second-order valence-corrected chi connectivity index (χ2v) is 16.9. The third-order valence-electron chi connectivity index (χ3n) is 13.2. The minimum atomic E-state index is -0.295. The van der Waals surface area contributed by atoms with Gasteiger partial charge in [0.1, 0.15) is 11.2 Å². The van der Waals surface area contributed by atoms with Crippen LogP contribution < -0.4 is 4.90 Å². The molecule has 12 rings (SSSR count). The van der Waals surface area contributed by atoms with E-state index in [1.165, 1.54) is 88.2 Å². The Morgan fingerprint density at radius 1 is 0.357 bits per heavy atom. The summed E-state index contributed by atoms with van der Waals surface area (Å²) in [5, 5.41) is 9.98. The Balaban J connectivity index is 1.12. The van der Waals surface area contributed by atoms with Gasteiger partial charge < -0.3 is 9.32 Å². The van der Waals surface area contributed by atoms with Crippen LogP contribution in [-0.4, -0.2) is 0 Å². The van der Waals surface area contributed by atoms with Crippen molar-refractivity contribution in [2.45, 2.75) is 38.5 Å². The van der Waals surface area contributed by atoms with Crippen molar-refractivity contribution in [1.29, 1.82) is 0 Å². The Morgan fingerprint density at radius 3 is 1.64 bits per heavy atom. The van der Waals surface area contributed by atoms with Crippen molar-refractivity contribution in [2.75, 3.05) is 4.90 Å². The third kappa shape index (κ3) is 4.16. The van der Waals surface area contributed by atoms with Gasteiger partial charge in [0, 0.05) is 27.3 Å². The normalized spacial score (nSPS) is 15.0. The van der Waals surface area contributed by atoms with Gasteiger partial charge in [-0.1, -0.05) is 137 Å². The predicted octanol–water partition coefficient (Wildman–Crippen LogP) is 15.1. The quantitative estimate of drug-likeness (QED) is 0.166. The van der Waals surface area contributed by atoms with Crippen LogP contribution in [0.4, 0.5) is 17.1 Å². The highest BCUT2D eigenvalue weighted by atomic mass is 16.3. The summed E-state index contributed by atoms with van der Waals surface area (Å²) >= 11 is 0. The lowest BCUT2D eigenvalue weighted by atomic mass is 9.71. The smallest absolute Gasteiger partial charge is 0.135 e. The Kier molecular flexibility index (Phi) is 6.22. The van der Waals surface area contributed by atoms with Crippen molar-refractivity contribution >= 4 is 71.3 Å². The monoisotopic (exact) mass is 717 g/mol. The van der Waals surface area contributed by atoms with Gasteiger partial charge in [-0.2, -0.15) is 0 Å². The first-order valence-corrected chi connectivity index (χ1v) is 19.8. The van der Waals surface area contributed by atoms with Crippen LogP contribution in [0, 0.1) is 0 Å². The molecule has 0 fully saturated rings. The molecule has 0 bridgehead atoms. The highest BCUT2D eigenvalue weighted by Gasteiger charge is 2.39. The number of para-hydroxylation sites is 1.